The van der Waals surface area contributed by atoms with E-state index in [1.807, 2.05) is 37.3 Å². The molecule has 2 rings (SSSR count). The van der Waals surface area contributed by atoms with Crippen LogP contribution < -0.4 is 0 Å². The second kappa shape index (κ2) is 7.56. The van der Waals surface area contributed by atoms with Gasteiger partial charge in [-0.15, -0.1) is 0 Å². The molecule has 0 aliphatic carbocycles. The van der Waals surface area contributed by atoms with Crippen LogP contribution in [0, 0.1) is 5.41 Å². The smallest absolute Gasteiger partial charge is 0.246 e. The van der Waals surface area contributed by atoms with Crippen molar-refractivity contribution in [3.8, 4) is 0 Å². The molecule has 4 heteroatoms. The molecule has 22 heavy (non-hydrogen) atoms. The minimum absolute atomic E-state index is 0.0651. The molecule has 0 saturated carbocycles. The monoisotopic (exact) mass is 303 g/mol. The molecule has 1 saturated heterocycles. The molecule has 4 nitrogen and oxygen atoms in total. The first-order chi connectivity index (χ1) is 10.6. The van der Waals surface area contributed by atoms with Gasteiger partial charge in [-0.2, -0.15) is 0 Å². The fourth-order valence-electron chi connectivity index (χ4n) is 3.15. The summed E-state index contributed by atoms with van der Waals surface area (Å²) in [6, 6.07) is 9.68. The SMILES string of the molecule is CCC[C@]1(CO)CN(C(=O)/C=C/c2ccccc2)CC[C@H]1O. The first-order valence-corrected chi connectivity index (χ1v) is 7.92. The summed E-state index contributed by atoms with van der Waals surface area (Å²) in [5.74, 6) is -0.0651. The van der Waals surface area contributed by atoms with Gasteiger partial charge in [0.25, 0.3) is 0 Å². The molecule has 1 heterocycles. The zero-order valence-electron chi connectivity index (χ0n) is 13.1. The van der Waals surface area contributed by atoms with E-state index in [1.54, 1.807) is 17.1 Å². The van der Waals surface area contributed by atoms with E-state index in [9.17, 15) is 15.0 Å². The first kappa shape index (κ1) is 16.7. The number of rotatable bonds is 5. The number of nitrogens with zero attached hydrogens (tertiary/aromatic N) is 1. The standard InChI is InChI=1S/C18H25NO3/c1-2-11-18(14-20)13-19(12-10-16(18)21)17(22)9-8-15-6-4-3-5-7-15/h3-9,16,20-21H,2,10-14H2,1H3/b9-8+/t16-,18-/m1/s1. The number of carbonyl (C=O) groups excluding carboxylic acids is 1. The van der Waals surface area contributed by atoms with E-state index in [-0.39, 0.29) is 12.5 Å². The largest absolute Gasteiger partial charge is 0.396 e. The highest BCUT2D eigenvalue weighted by Gasteiger charge is 2.42. The molecular weight excluding hydrogens is 278 g/mol. The highest BCUT2D eigenvalue weighted by atomic mass is 16.3. The van der Waals surface area contributed by atoms with Crippen molar-refractivity contribution >= 4 is 12.0 Å². The van der Waals surface area contributed by atoms with E-state index in [1.165, 1.54) is 0 Å². The molecule has 1 aliphatic heterocycles. The van der Waals surface area contributed by atoms with Gasteiger partial charge in [0, 0.05) is 24.6 Å². The Morgan fingerprint density at radius 1 is 1.41 bits per heavy atom. The van der Waals surface area contributed by atoms with Crippen LogP contribution in [-0.4, -0.2) is 46.8 Å². The van der Waals surface area contributed by atoms with Gasteiger partial charge >= 0.3 is 0 Å². The van der Waals surface area contributed by atoms with Crippen molar-refractivity contribution in [1.29, 1.82) is 0 Å². The average Bonchev–Trinajstić information content (AvgIpc) is 2.56. The normalized spacial score (nSPS) is 25.6. The maximum absolute atomic E-state index is 12.4. The van der Waals surface area contributed by atoms with Gasteiger partial charge in [-0.1, -0.05) is 43.7 Å². The van der Waals surface area contributed by atoms with Crippen LogP contribution in [0.1, 0.15) is 31.7 Å². The third-order valence-corrected chi connectivity index (χ3v) is 4.48. The predicted octanol–water partition coefficient (Wildman–Crippen LogP) is 2.07. The van der Waals surface area contributed by atoms with Gasteiger partial charge in [-0.25, -0.2) is 0 Å². The second-order valence-electron chi connectivity index (χ2n) is 6.08. The van der Waals surface area contributed by atoms with Gasteiger partial charge in [0.2, 0.25) is 5.91 Å². The van der Waals surface area contributed by atoms with Crippen molar-refractivity contribution in [2.75, 3.05) is 19.7 Å². The van der Waals surface area contributed by atoms with Gasteiger partial charge in [0.05, 0.1) is 12.7 Å². The van der Waals surface area contributed by atoms with Crippen LogP contribution in [0.2, 0.25) is 0 Å². The fourth-order valence-corrected chi connectivity index (χ4v) is 3.15. The molecule has 1 fully saturated rings. The summed E-state index contributed by atoms with van der Waals surface area (Å²) >= 11 is 0. The van der Waals surface area contributed by atoms with Crippen LogP contribution in [0.3, 0.4) is 0 Å². The highest BCUT2D eigenvalue weighted by Crippen LogP contribution is 2.34. The number of carbonyl (C=O) groups is 1. The maximum Gasteiger partial charge on any atom is 0.246 e. The molecule has 1 aromatic rings. The highest BCUT2D eigenvalue weighted by molar-refractivity contribution is 5.91. The van der Waals surface area contributed by atoms with Gasteiger partial charge in [0.15, 0.2) is 0 Å². The van der Waals surface area contributed by atoms with Crippen molar-refractivity contribution in [3.05, 3.63) is 42.0 Å². The minimum atomic E-state index is -0.580. The van der Waals surface area contributed by atoms with E-state index in [4.69, 9.17) is 0 Å². The van der Waals surface area contributed by atoms with Crippen LogP contribution in [0.25, 0.3) is 6.08 Å². The number of benzene rings is 1. The molecule has 0 spiro atoms. The lowest BCUT2D eigenvalue weighted by Gasteiger charge is -2.45. The van der Waals surface area contributed by atoms with Crippen molar-refractivity contribution in [2.45, 2.75) is 32.3 Å². The third kappa shape index (κ3) is 3.76. The molecule has 2 N–H and O–H groups in total. The second-order valence-corrected chi connectivity index (χ2v) is 6.08. The van der Waals surface area contributed by atoms with E-state index < -0.39 is 11.5 Å². The van der Waals surface area contributed by atoms with Gasteiger partial charge in [-0.3, -0.25) is 4.79 Å². The number of aliphatic hydroxyl groups is 2. The molecular formula is C18H25NO3. The molecule has 1 amide bonds. The zero-order valence-corrected chi connectivity index (χ0v) is 13.1. The number of hydrogen-bond acceptors (Lipinski definition) is 3. The number of amides is 1. The Hall–Kier alpha value is -1.65. The van der Waals surface area contributed by atoms with E-state index in [0.717, 1.165) is 18.4 Å². The van der Waals surface area contributed by atoms with Gasteiger partial charge < -0.3 is 15.1 Å². The Kier molecular flexibility index (Phi) is 5.75. The lowest BCUT2D eigenvalue weighted by Crippen LogP contribution is -2.55. The Labute approximate surface area is 132 Å². The topological polar surface area (TPSA) is 60.8 Å². The maximum atomic E-state index is 12.4. The molecule has 120 valence electrons. The summed E-state index contributed by atoms with van der Waals surface area (Å²) in [4.78, 5) is 14.1. The molecule has 0 radical (unpaired) electrons. The molecule has 0 aromatic heterocycles. The summed E-state index contributed by atoms with van der Waals surface area (Å²) in [6.07, 6.45) is 4.94. The lowest BCUT2D eigenvalue weighted by molar-refractivity contribution is -0.137. The lowest BCUT2D eigenvalue weighted by atomic mass is 9.74. The summed E-state index contributed by atoms with van der Waals surface area (Å²) in [5.41, 5.74) is 0.401. The van der Waals surface area contributed by atoms with Crippen molar-refractivity contribution in [3.63, 3.8) is 0 Å². The van der Waals surface area contributed by atoms with Crippen molar-refractivity contribution in [2.24, 2.45) is 5.41 Å². The van der Waals surface area contributed by atoms with E-state index in [2.05, 4.69) is 0 Å². The number of hydrogen-bond donors (Lipinski definition) is 2. The molecule has 1 aromatic carbocycles. The van der Waals surface area contributed by atoms with E-state index in [0.29, 0.717) is 19.5 Å². The van der Waals surface area contributed by atoms with Crippen LogP contribution in [-0.2, 0) is 4.79 Å². The molecule has 0 unspecified atom stereocenters. The van der Waals surface area contributed by atoms with Crippen LogP contribution in [0.15, 0.2) is 36.4 Å². The summed E-state index contributed by atoms with van der Waals surface area (Å²) in [5, 5.41) is 20.0. The zero-order chi connectivity index (χ0) is 16.0. The van der Waals surface area contributed by atoms with Crippen molar-refractivity contribution < 1.29 is 15.0 Å². The predicted molar refractivity (Wildman–Crippen MR) is 87.1 cm³/mol. The Morgan fingerprint density at radius 2 is 2.14 bits per heavy atom. The molecule has 0 bridgehead atoms. The third-order valence-electron chi connectivity index (χ3n) is 4.48. The quantitative estimate of drug-likeness (QED) is 0.819. The van der Waals surface area contributed by atoms with Crippen molar-refractivity contribution in [1.82, 2.24) is 4.90 Å². The van der Waals surface area contributed by atoms with E-state index >= 15 is 0 Å². The Bertz CT molecular complexity index is 514. The van der Waals surface area contributed by atoms with Crippen LogP contribution >= 0.6 is 0 Å². The van der Waals surface area contributed by atoms with Gasteiger partial charge in [0.1, 0.15) is 0 Å². The average molecular weight is 303 g/mol. The fraction of sp³-hybridized carbons (Fsp3) is 0.500. The number of likely N-dealkylation sites (tertiary alicyclic amines) is 1. The minimum Gasteiger partial charge on any atom is -0.396 e. The summed E-state index contributed by atoms with van der Waals surface area (Å²) < 4.78 is 0. The Balaban J connectivity index is 2.05. The van der Waals surface area contributed by atoms with Crippen LogP contribution in [0.4, 0.5) is 0 Å². The van der Waals surface area contributed by atoms with Crippen LogP contribution in [0.5, 0.6) is 0 Å². The molecule has 2 atom stereocenters. The Morgan fingerprint density at radius 3 is 2.77 bits per heavy atom. The van der Waals surface area contributed by atoms with Gasteiger partial charge in [-0.05, 0) is 24.5 Å². The molecule has 1 aliphatic rings. The number of aliphatic hydroxyl groups excluding tert-OH is 2. The summed E-state index contributed by atoms with van der Waals surface area (Å²) in [7, 11) is 0. The first-order valence-electron chi connectivity index (χ1n) is 7.92. The summed E-state index contributed by atoms with van der Waals surface area (Å²) in [6.45, 7) is 2.88. The number of piperidine rings is 1.